The molecule has 0 aliphatic rings. The number of fused-ring (bicyclic) bond motifs is 1. The molecule has 2 aromatic rings. The lowest BCUT2D eigenvalue weighted by Gasteiger charge is -1.99. The molecular weight excluding hydrogens is 242 g/mol. The Hall–Kier alpha value is -2.36. The number of nitrogens with one attached hydrogen (secondary N) is 1. The van der Waals surface area contributed by atoms with Crippen molar-refractivity contribution in [2.24, 2.45) is 0 Å². The monoisotopic (exact) mass is 257 g/mol. The predicted octanol–water partition coefficient (Wildman–Crippen LogP) is 2.95. The average Bonchev–Trinajstić information content (AvgIpc) is 2.83. The van der Waals surface area contributed by atoms with E-state index in [0.29, 0.717) is 12.2 Å². The second-order valence-corrected chi connectivity index (χ2v) is 4.04. The van der Waals surface area contributed by atoms with E-state index in [1.165, 1.54) is 0 Å². The molecule has 1 aromatic carbocycles. The van der Waals surface area contributed by atoms with Crippen LogP contribution in [0.2, 0.25) is 0 Å². The molecule has 0 saturated heterocycles. The molecule has 0 aliphatic heterocycles. The highest BCUT2D eigenvalue weighted by molar-refractivity contribution is 6.01. The zero-order chi connectivity index (χ0) is 13.7. The number of H-pyrrole nitrogens is 1. The summed E-state index contributed by atoms with van der Waals surface area (Å²) in [6.45, 7) is 2.16. The Kier molecular flexibility index (Phi) is 4.13. The number of carbonyl (C=O) groups is 2. The van der Waals surface area contributed by atoms with Crippen molar-refractivity contribution in [3.63, 3.8) is 0 Å². The normalized spacial score (nSPS) is 11.0. The highest BCUT2D eigenvalue weighted by atomic mass is 16.5. The first-order valence-corrected chi connectivity index (χ1v) is 6.13. The topological polar surface area (TPSA) is 59.2 Å². The minimum atomic E-state index is -0.254. The molecule has 19 heavy (non-hydrogen) atoms. The minimum Gasteiger partial charge on any atom is -0.466 e. The van der Waals surface area contributed by atoms with Crippen LogP contribution in [0.25, 0.3) is 17.0 Å². The van der Waals surface area contributed by atoms with E-state index < -0.39 is 0 Å². The molecule has 0 fully saturated rings. The van der Waals surface area contributed by atoms with Crippen molar-refractivity contribution in [2.45, 2.75) is 13.3 Å². The van der Waals surface area contributed by atoms with E-state index in [4.69, 9.17) is 4.74 Å². The fourth-order valence-electron chi connectivity index (χ4n) is 1.97. The molecule has 4 nitrogen and oxygen atoms in total. The maximum absolute atomic E-state index is 11.2. The maximum Gasteiger partial charge on any atom is 0.309 e. The van der Waals surface area contributed by atoms with Gasteiger partial charge in [-0.15, -0.1) is 0 Å². The number of ether oxygens (including phenoxy) is 1. The third-order valence-corrected chi connectivity index (χ3v) is 2.78. The van der Waals surface area contributed by atoms with E-state index in [9.17, 15) is 9.59 Å². The van der Waals surface area contributed by atoms with E-state index in [-0.39, 0.29) is 12.4 Å². The van der Waals surface area contributed by atoms with Gasteiger partial charge < -0.3 is 9.72 Å². The minimum absolute atomic E-state index is 0.227. The van der Waals surface area contributed by atoms with Crippen LogP contribution in [0.3, 0.4) is 0 Å². The number of rotatable bonds is 5. The fourth-order valence-corrected chi connectivity index (χ4v) is 1.97. The van der Waals surface area contributed by atoms with Gasteiger partial charge in [0.25, 0.3) is 0 Å². The van der Waals surface area contributed by atoms with E-state index >= 15 is 0 Å². The molecule has 1 N–H and O–H groups in total. The van der Waals surface area contributed by atoms with Crippen LogP contribution in [-0.2, 0) is 9.53 Å². The standard InChI is InChI=1S/C15H15NO3/c1-2-19-14(18)8-4-6-11-5-3-7-13-15(11)12(10-17)9-16-13/h3-7,9-10,16H,2,8H2,1H3. The first-order chi connectivity index (χ1) is 9.26. The molecule has 0 amide bonds. The maximum atomic E-state index is 11.2. The quantitative estimate of drug-likeness (QED) is 0.661. The molecule has 1 aromatic heterocycles. The third kappa shape index (κ3) is 2.91. The summed E-state index contributed by atoms with van der Waals surface area (Å²) in [6, 6.07) is 5.72. The molecule has 0 aliphatic carbocycles. The van der Waals surface area contributed by atoms with Crippen molar-refractivity contribution in [2.75, 3.05) is 6.61 Å². The van der Waals surface area contributed by atoms with Crippen LogP contribution in [0.1, 0.15) is 29.3 Å². The Bertz CT molecular complexity index is 625. The summed E-state index contributed by atoms with van der Waals surface area (Å²) in [5, 5.41) is 0.873. The van der Waals surface area contributed by atoms with Crippen LogP contribution in [0.4, 0.5) is 0 Å². The summed E-state index contributed by atoms with van der Waals surface area (Å²) in [4.78, 5) is 25.3. The van der Waals surface area contributed by atoms with Gasteiger partial charge in [-0.3, -0.25) is 9.59 Å². The second-order valence-electron chi connectivity index (χ2n) is 4.04. The van der Waals surface area contributed by atoms with Crippen LogP contribution in [0.15, 0.2) is 30.5 Å². The van der Waals surface area contributed by atoms with Gasteiger partial charge in [0.1, 0.15) is 0 Å². The molecule has 2 rings (SSSR count). The number of hydrogen-bond donors (Lipinski definition) is 1. The SMILES string of the molecule is CCOC(=O)CC=Cc1cccc2[nH]cc(C=O)c12. The number of benzene rings is 1. The summed E-state index contributed by atoms with van der Waals surface area (Å²) in [6.07, 6.45) is 6.31. The first kappa shape index (κ1) is 13.1. The van der Waals surface area contributed by atoms with Gasteiger partial charge in [0.2, 0.25) is 0 Å². The van der Waals surface area contributed by atoms with Gasteiger partial charge in [-0.1, -0.05) is 24.3 Å². The third-order valence-electron chi connectivity index (χ3n) is 2.78. The number of aromatic amines is 1. The highest BCUT2D eigenvalue weighted by Crippen LogP contribution is 2.22. The van der Waals surface area contributed by atoms with E-state index in [2.05, 4.69) is 4.98 Å². The lowest BCUT2D eigenvalue weighted by atomic mass is 10.1. The summed E-state index contributed by atoms with van der Waals surface area (Å²) >= 11 is 0. The number of aromatic nitrogens is 1. The Morgan fingerprint density at radius 3 is 2.95 bits per heavy atom. The molecule has 0 saturated carbocycles. The van der Waals surface area contributed by atoms with Gasteiger partial charge in [0.15, 0.2) is 6.29 Å². The van der Waals surface area contributed by atoms with Gasteiger partial charge >= 0.3 is 5.97 Å². The summed E-state index contributed by atoms with van der Waals surface area (Å²) in [5.41, 5.74) is 2.43. The average molecular weight is 257 g/mol. The number of esters is 1. The van der Waals surface area contributed by atoms with Crippen molar-refractivity contribution < 1.29 is 14.3 Å². The lowest BCUT2D eigenvalue weighted by molar-refractivity contribution is -0.142. The molecule has 0 radical (unpaired) electrons. The van der Waals surface area contributed by atoms with Crippen LogP contribution in [-0.4, -0.2) is 23.8 Å². The fraction of sp³-hybridized carbons (Fsp3) is 0.200. The van der Waals surface area contributed by atoms with Crippen molar-refractivity contribution in [1.29, 1.82) is 0 Å². The van der Waals surface area contributed by atoms with Gasteiger partial charge in [-0.05, 0) is 18.6 Å². The van der Waals surface area contributed by atoms with Crippen LogP contribution >= 0.6 is 0 Å². The number of hydrogen-bond acceptors (Lipinski definition) is 3. The molecule has 4 heteroatoms. The van der Waals surface area contributed by atoms with Gasteiger partial charge in [0.05, 0.1) is 13.0 Å². The molecule has 0 bridgehead atoms. The number of carbonyl (C=O) groups excluding carboxylic acids is 2. The van der Waals surface area contributed by atoms with Crippen molar-refractivity contribution in [1.82, 2.24) is 4.98 Å². The summed E-state index contributed by atoms with van der Waals surface area (Å²) < 4.78 is 4.84. The van der Waals surface area contributed by atoms with Gasteiger partial charge in [-0.25, -0.2) is 0 Å². The van der Waals surface area contributed by atoms with Crippen molar-refractivity contribution >= 4 is 29.2 Å². The summed E-state index contributed by atoms with van der Waals surface area (Å²) in [5.74, 6) is -0.254. The smallest absolute Gasteiger partial charge is 0.309 e. The Labute approximate surface area is 111 Å². The second kappa shape index (κ2) is 6.00. The predicted molar refractivity (Wildman–Crippen MR) is 74.0 cm³/mol. The van der Waals surface area contributed by atoms with Gasteiger partial charge in [-0.2, -0.15) is 0 Å². The van der Waals surface area contributed by atoms with E-state index in [1.807, 2.05) is 24.3 Å². The molecule has 1 heterocycles. The molecule has 98 valence electrons. The van der Waals surface area contributed by atoms with Crippen molar-refractivity contribution in [3.05, 3.63) is 41.6 Å². The Morgan fingerprint density at radius 2 is 2.21 bits per heavy atom. The van der Waals surface area contributed by atoms with Crippen LogP contribution < -0.4 is 0 Å². The molecular formula is C15H15NO3. The Balaban J connectivity index is 2.25. The van der Waals surface area contributed by atoms with Crippen LogP contribution in [0.5, 0.6) is 0 Å². The largest absolute Gasteiger partial charge is 0.466 e. The number of aldehydes is 1. The summed E-state index contributed by atoms with van der Waals surface area (Å²) in [7, 11) is 0. The van der Waals surface area contributed by atoms with E-state index in [1.54, 1.807) is 19.2 Å². The molecule has 0 spiro atoms. The van der Waals surface area contributed by atoms with Crippen LogP contribution in [0, 0.1) is 0 Å². The first-order valence-electron chi connectivity index (χ1n) is 6.13. The van der Waals surface area contributed by atoms with E-state index in [0.717, 1.165) is 22.8 Å². The highest BCUT2D eigenvalue weighted by Gasteiger charge is 2.05. The van der Waals surface area contributed by atoms with Gasteiger partial charge in [0, 0.05) is 22.7 Å². The van der Waals surface area contributed by atoms with Crippen molar-refractivity contribution in [3.8, 4) is 0 Å². The molecule has 0 unspecified atom stereocenters. The zero-order valence-corrected chi connectivity index (χ0v) is 10.7. The molecule has 0 atom stereocenters. The zero-order valence-electron chi connectivity index (χ0n) is 10.7. The Morgan fingerprint density at radius 1 is 1.37 bits per heavy atom. The lowest BCUT2D eigenvalue weighted by Crippen LogP contribution is -2.01.